The second-order valence-electron chi connectivity index (χ2n) is 4.28. The molecule has 0 radical (unpaired) electrons. The molecule has 18 heavy (non-hydrogen) atoms. The first-order valence-corrected chi connectivity index (χ1v) is 8.08. The van der Waals surface area contributed by atoms with Crippen molar-refractivity contribution in [3.05, 3.63) is 35.9 Å². The van der Waals surface area contributed by atoms with E-state index in [9.17, 15) is 0 Å². The number of nitrogens with two attached hydrogens (primary N) is 1. The van der Waals surface area contributed by atoms with Crippen LogP contribution in [0.15, 0.2) is 9.85 Å². The van der Waals surface area contributed by atoms with E-state index in [0.29, 0.717) is 0 Å². The van der Waals surface area contributed by atoms with Crippen LogP contribution in [0.2, 0.25) is 0 Å². The van der Waals surface area contributed by atoms with Gasteiger partial charge < -0.3 is 0 Å². The third-order valence-electron chi connectivity index (χ3n) is 2.87. The van der Waals surface area contributed by atoms with Crippen LogP contribution in [0.3, 0.4) is 0 Å². The Bertz CT molecular complexity index is 509. The van der Waals surface area contributed by atoms with Crippen molar-refractivity contribution < 1.29 is 0 Å². The van der Waals surface area contributed by atoms with Crippen LogP contribution in [0.1, 0.15) is 32.1 Å². The molecule has 0 saturated heterocycles. The Morgan fingerprint density at radius 1 is 1.39 bits per heavy atom. The smallest absolute Gasteiger partial charge is 0.0950 e. The molecule has 0 fully saturated rings. The van der Waals surface area contributed by atoms with Gasteiger partial charge in [0, 0.05) is 16.2 Å². The van der Waals surface area contributed by atoms with Gasteiger partial charge in [-0.3, -0.25) is 11.3 Å². The Kier molecular flexibility index (Phi) is 4.55. The van der Waals surface area contributed by atoms with Gasteiger partial charge in [-0.2, -0.15) is 0 Å². The molecule has 0 amide bonds. The van der Waals surface area contributed by atoms with E-state index in [1.807, 2.05) is 6.92 Å². The van der Waals surface area contributed by atoms with E-state index in [1.54, 1.807) is 22.7 Å². The molecule has 0 aliphatic heterocycles. The van der Waals surface area contributed by atoms with E-state index in [1.165, 1.54) is 19.1 Å². The third-order valence-corrected chi connectivity index (χ3v) is 6.22. The Morgan fingerprint density at radius 3 is 2.56 bits per heavy atom. The van der Waals surface area contributed by atoms with Crippen LogP contribution in [0, 0.1) is 20.8 Å². The highest BCUT2D eigenvalue weighted by molar-refractivity contribution is 9.11. The summed E-state index contributed by atoms with van der Waals surface area (Å²) < 4.78 is 1.17. The summed E-state index contributed by atoms with van der Waals surface area (Å²) in [5, 5.41) is 1.13. The SMILES string of the molecule is Cc1cc(C(Cc2nc(C)c(C)s2)NN)sc1Br. The zero-order valence-electron chi connectivity index (χ0n) is 10.6. The first-order chi connectivity index (χ1) is 8.51. The largest absolute Gasteiger partial charge is 0.271 e. The van der Waals surface area contributed by atoms with Crippen LogP contribution in [0.4, 0.5) is 0 Å². The Morgan fingerprint density at radius 2 is 2.11 bits per heavy atom. The molecule has 3 N–H and O–H groups in total. The lowest BCUT2D eigenvalue weighted by Gasteiger charge is -2.12. The van der Waals surface area contributed by atoms with Crippen LogP contribution in [0.5, 0.6) is 0 Å². The van der Waals surface area contributed by atoms with Crippen molar-refractivity contribution in [3.63, 3.8) is 0 Å². The topological polar surface area (TPSA) is 50.9 Å². The summed E-state index contributed by atoms with van der Waals surface area (Å²) in [5.74, 6) is 5.68. The van der Waals surface area contributed by atoms with Crippen LogP contribution < -0.4 is 11.3 Å². The van der Waals surface area contributed by atoms with Gasteiger partial charge in [0.25, 0.3) is 0 Å². The van der Waals surface area contributed by atoms with Crippen molar-refractivity contribution in [2.24, 2.45) is 5.84 Å². The molecule has 2 rings (SSSR count). The lowest BCUT2D eigenvalue weighted by atomic mass is 10.1. The Labute approximate surface area is 124 Å². The minimum atomic E-state index is 0.130. The molecule has 0 aliphatic rings. The summed E-state index contributed by atoms with van der Waals surface area (Å²) >= 11 is 7.03. The van der Waals surface area contributed by atoms with E-state index < -0.39 is 0 Å². The molecule has 1 atom stereocenters. The predicted octanol–water partition coefficient (Wildman–Crippen LogP) is 3.64. The van der Waals surface area contributed by atoms with Crippen LogP contribution in [-0.4, -0.2) is 4.98 Å². The fraction of sp³-hybridized carbons (Fsp3) is 0.417. The minimum absolute atomic E-state index is 0.130. The lowest BCUT2D eigenvalue weighted by molar-refractivity contribution is 0.559. The van der Waals surface area contributed by atoms with Gasteiger partial charge in [0.05, 0.1) is 20.5 Å². The van der Waals surface area contributed by atoms with Crippen LogP contribution >= 0.6 is 38.6 Å². The number of thiazole rings is 1. The first-order valence-electron chi connectivity index (χ1n) is 5.66. The highest BCUT2D eigenvalue weighted by atomic mass is 79.9. The van der Waals surface area contributed by atoms with Crippen LogP contribution in [0.25, 0.3) is 0 Å². The molecule has 0 spiro atoms. The minimum Gasteiger partial charge on any atom is -0.271 e. The molecule has 0 aromatic carbocycles. The maximum absolute atomic E-state index is 5.68. The standard InChI is InChI=1S/C12H16BrN3S2/c1-6-4-10(18-12(6)13)9(16-14)5-11-15-7(2)8(3)17-11/h4,9,16H,5,14H2,1-3H3. The number of hydrogen-bond donors (Lipinski definition) is 2. The summed E-state index contributed by atoms with van der Waals surface area (Å²) in [7, 11) is 0. The van der Waals surface area contributed by atoms with Crippen molar-refractivity contribution in [1.82, 2.24) is 10.4 Å². The molecule has 1 unspecified atom stereocenters. The normalized spacial score (nSPS) is 12.9. The zero-order chi connectivity index (χ0) is 13.3. The van der Waals surface area contributed by atoms with E-state index in [2.05, 4.69) is 46.3 Å². The molecule has 6 heteroatoms. The number of aryl methyl sites for hydroxylation is 3. The fourth-order valence-corrected chi connectivity index (χ4v) is 4.31. The highest BCUT2D eigenvalue weighted by Crippen LogP contribution is 2.33. The summed E-state index contributed by atoms with van der Waals surface area (Å²) in [5.41, 5.74) is 5.26. The molecule has 2 aromatic heterocycles. The van der Waals surface area contributed by atoms with Gasteiger partial charge in [-0.1, -0.05) is 0 Å². The molecule has 0 bridgehead atoms. The number of thiophene rings is 1. The van der Waals surface area contributed by atoms with E-state index >= 15 is 0 Å². The van der Waals surface area contributed by atoms with E-state index in [-0.39, 0.29) is 6.04 Å². The highest BCUT2D eigenvalue weighted by Gasteiger charge is 2.17. The van der Waals surface area contributed by atoms with Crippen molar-refractivity contribution in [2.75, 3.05) is 0 Å². The molecule has 0 saturated carbocycles. The fourth-order valence-electron chi connectivity index (χ4n) is 1.70. The molecule has 98 valence electrons. The second kappa shape index (κ2) is 5.79. The third kappa shape index (κ3) is 3.00. The summed E-state index contributed by atoms with van der Waals surface area (Å²) in [6, 6.07) is 2.30. The van der Waals surface area contributed by atoms with Crippen molar-refractivity contribution in [1.29, 1.82) is 0 Å². The van der Waals surface area contributed by atoms with E-state index in [0.717, 1.165) is 17.1 Å². The maximum atomic E-state index is 5.68. The molecule has 2 heterocycles. The number of rotatable bonds is 4. The number of aromatic nitrogens is 1. The summed E-state index contributed by atoms with van der Waals surface area (Å²) in [6.45, 7) is 6.24. The molecule has 3 nitrogen and oxygen atoms in total. The van der Waals surface area contributed by atoms with Gasteiger partial charge in [-0.05, 0) is 48.3 Å². The monoisotopic (exact) mass is 345 g/mol. The maximum Gasteiger partial charge on any atom is 0.0950 e. The molecule has 2 aromatic rings. The summed E-state index contributed by atoms with van der Waals surface area (Å²) in [4.78, 5) is 7.09. The Balaban J connectivity index is 2.19. The number of nitrogens with zero attached hydrogens (tertiary/aromatic N) is 1. The number of hydrogen-bond acceptors (Lipinski definition) is 5. The zero-order valence-corrected chi connectivity index (χ0v) is 13.8. The average molecular weight is 346 g/mol. The number of hydrazine groups is 1. The van der Waals surface area contributed by atoms with Gasteiger partial charge in [-0.15, -0.1) is 22.7 Å². The van der Waals surface area contributed by atoms with Crippen molar-refractivity contribution in [2.45, 2.75) is 33.2 Å². The Hall–Kier alpha value is -0.270. The van der Waals surface area contributed by atoms with E-state index in [4.69, 9.17) is 5.84 Å². The van der Waals surface area contributed by atoms with Crippen molar-refractivity contribution in [3.8, 4) is 0 Å². The lowest BCUT2D eigenvalue weighted by Crippen LogP contribution is -2.28. The van der Waals surface area contributed by atoms with Gasteiger partial charge in [0.15, 0.2) is 0 Å². The number of halogens is 1. The molecular formula is C12H16BrN3S2. The van der Waals surface area contributed by atoms with Gasteiger partial charge in [0.2, 0.25) is 0 Å². The van der Waals surface area contributed by atoms with Crippen molar-refractivity contribution >= 4 is 38.6 Å². The molecular weight excluding hydrogens is 330 g/mol. The quantitative estimate of drug-likeness (QED) is 0.656. The van der Waals surface area contributed by atoms with Gasteiger partial charge in [0.1, 0.15) is 0 Å². The first kappa shape index (κ1) is 14.1. The second-order valence-corrected chi connectivity index (χ2v) is 7.97. The molecule has 0 aliphatic carbocycles. The van der Waals surface area contributed by atoms with Crippen LogP contribution in [-0.2, 0) is 6.42 Å². The average Bonchev–Trinajstić information content (AvgIpc) is 2.80. The predicted molar refractivity (Wildman–Crippen MR) is 82.1 cm³/mol. The number of nitrogens with one attached hydrogen (secondary N) is 1. The summed E-state index contributed by atoms with van der Waals surface area (Å²) in [6.07, 6.45) is 0.836. The van der Waals surface area contributed by atoms with Gasteiger partial charge >= 0.3 is 0 Å². The van der Waals surface area contributed by atoms with Gasteiger partial charge in [-0.25, -0.2) is 4.98 Å².